The summed E-state index contributed by atoms with van der Waals surface area (Å²) in [4.78, 5) is 0. The number of aromatic nitrogens is 1. The Bertz CT molecular complexity index is 1580. The Morgan fingerprint density at radius 3 is 2.40 bits per heavy atom. The van der Waals surface area contributed by atoms with E-state index >= 15 is 0 Å². The zero-order chi connectivity index (χ0) is 28.0. The molecule has 0 amide bonds. The fraction of sp³-hybridized carbons (Fsp3) is 0.276. The molecular formula is C29H25Cl3N2O5S. The zero-order valence-electron chi connectivity index (χ0n) is 21.1. The van der Waals surface area contributed by atoms with Gasteiger partial charge in [-0.1, -0.05) is 64.2 Å². The number of nitrogens with one attached hydrogen (secondary N) is 1. The predicted octanol–water partition coefficient (Wildman–Crippen LogP) is 8.07. The molecule has 11 heteroatoms. The Morgan fingerprint density at radius 1 is 1.00 bits per heavy atom. The van der Waals surface area contributed by atoms with Crippen molar-refractivity contribution in [2.45, 2.75) is 49.7 Å². The highest BCUT2D eigenvalue weighted by atomic mass is 35.5. The molecule has 0 bridgehead atoms. The smallest absolute Gasteiger partial charge is 0.259 e. The first-order chi connectivity index (χ1) is 19.2. The molecule has 1 heterocycles. The molecule has 2 aliphatic rings. The van der Waals surface area contributed by atoms with E-state index in [9.17, 15) is 9.32 Å². The van der Waals surface area contributed by atoms with E-state index in [1.54, 1.807) is 42.5 Å². The molecule has 0 aliphatic heterocycles. The second kappa shape index (κ2) is 11.0. The van der Waals surface area contributed by atoms with Crippen LogP contribution >= 0.6 is 34.8 Å². The minimum absolute atomic E-state index is 0.0929. The highest BCUT2D eigenvalue weighted by molar-refractivity contribution is 7.80. The lowest BCUT2D eigenvalue weighted by atomic mass is 9.65. The summed E-state index contributed by atoms with van der Waals surface area (Å²) in [5.74, 6) is 1.72. The summed E-state index contributed by atoms with van der Waals surface area (Å²) < 4.78 is 34.5. The van der Waals surface area contributed by atoms with Crippen molar-refractivity contribution in [2.75, 3.05) is 4.72 Å². The molecule has 0 saturated heterocycles. The van der Waals surface area contributed by atoms with Gasteiger partial charge in [-0.25, -0.2) is 4.21 Å². The Kier molecular flexibility index (Phi) is 7.59. The van der Waals surface area contributed by atoms with E-state index in [2.05, 4.69) is 9.88 Å². The van der Waals surface area contributed by atoms with Crippen molar-refractivity contribution in [1.29, 1.82) is 0 Å². The number of halogens is 3. The first kappa shape index (κ1) is 27.6. The van der Waals surface area contributed by atoms with Gasteiger partial charge in [-0.05, 0) is 73.6 Å². The number of rotatable bonds is 9. The van der Waals surface area contributed by atoms with Crippen LogP contribution in [0.2, 0.25) is 15.1 Å². The molecule has 2 fully saturated rings. The quantitative estimate of drug-likeness (QED) is 0.164. The molecule has 0 radical (unpaired) electrons. The van der Waals surface area contributed by atoms with Gasteiger partial charge in [-0.3, -0.25) is 9.27 Å². The number of hydrogen-bond acceptors (Lipinski definition) is 5. The molecular weight excluding hydrogens is 595 g/mol. The van der Waals surface area contributed by atoms with Crippen molar-refractivity contribution >= 4 is 51.8 Å². The Morgan fingerprint density at radius 2 is 1.73 bits per heavy atom. The summed E-state index contributed by atoms with van der Waals surface area (Å²) in [7, 11) is 0. The van der Waals surface area contributed by atoms with Crippen LogP contribution in [0.25, 0.3) is 11.3 Å². The average Bonchev–Trinajstić information content (AvgIpc) is 3.65. The molecule has 1 unspecified atom stereocenters. The lowest BCUT2D eigenvalue weighted by Crippen LogP contribution is -2.40. The number of anilines is 1. The van der Waals surface area contributed by atoms with Gasteiger partial charge in [0.25, 0.3) is 11.3 Å². The summed E-state index contributed by atoms with van der Waals surface area (Å²) in [5, 5.41) is 17.0. The van der Waals surface area contributed by atoms with Crippen molar-refractivity contribution in [2.24, 2.45) is 0 Å². The van der Waals surface area contributed by atoms with E-state index in [4.69, 9.17) is 48.6 Å². The van der Waals surface area contributed by atoms with Crippen molar-refractivity contribution in [3.63, 3.8) is 0 Å². The Labute approximate surface area is 248 Å². The van der Waals surface area contributed by atoms with E-state index in [1.165, 1.54) is 0 Å². The fourth-order valence-corrected chi connectivity index (χ4v) is 6.59. The zero-order valence-corrected chi connectivity index (χ0v) is 24.2. The largest absolute Gasteiger partial charge is 0.489 e. The van der Waals surface area contributed by atoms with Crippen molar-refractivity contribution in [1.82, 2.24) is 5.16 Å². The van der Waals surface area contributed by atoms with Gasteiger partial charge in [-0.2, -0.15) is 0 Å². The second-order valence-corrected chi connectivity index (χ2v) is 12.2. The van der Waals surface area contributed by atoms with Gasteiger partial charge < -0.3 is 14.4 Å². The minimum Gasteiger partial charge on any atom is -0.489 e. The van der Waals surface area contributed by atoms with Crippen LogP contribution < -0.4 is 9.46 Å². The highest BCUT2D eigenvalue weighted by Gasteiger charge is 2.45. The van der Waals surface area contributed by atoms with E-state index in [0.29, 0.717) is 62.1 Å². The molecule has 208 valence electrons. The van der Waals surface area contributed by atoms with Gasteiger partial charge in [0.15, 0.2) is 0 Å². The Hall–Kier alpha value is -2.59. The fourth-order valence-electron chi connectivity index (χ4n) is 5.33. The van der Waals surface area contributed by atoms with E-state index in [1.807, 2.05) is 18.2 Å². The maximum Gasteiger partial charge on any atom is 0.259 e. The van der Waals surface area contributed by atoms with E-state index in [0.717, 1.165) is 29.7 Å². The molecule has 1 aromatic heterocycles. The predicted molar refractivity (Wildman–Crippen MR) is 156 cm³/mol. The third kappa shape index (κ3) is 5.49. The number of benzene rings is 3. The van der Waals surface area contributed by atoms with Crippen LogP contribution in [0.15, 0.2) is 65.2 Å². The second-order valence-electron chi connectivity index (χ2n) is 10.3. The standard InChI is InChI=1S/C29H25Cl3N2O5S/c30-23-5-2-6-24(31)26(23)27-21(28(39-33-27)16-7-8-16)15-38-20-9-10-22(25(32)12-20)29(35)13-18(14-29)17-3-1-4-19(11-17)34-40(36)37/h1-6,9-12,16,18,34-35H,7-8,13-15H2,(H,36,37). The molecule has 6 rings (SSSR count). The third-order valence-electron chi connectivity index (χ3n) is 7.52. The van der Waals surface area contributed by atoms with Crippen LogP contribution in [-0.4, -0.2) is 19.0 Å². The van der Waals surface area contributed by atoms with Crippen LogP contribution in [0.4, 0.5) is 5.69 Å². The van der Waals surface area contributed by atoms with Gasteiger partial charge >= 0.3 is 0 Å². The van der Waals surface area contributed by atoms with E-state index in [-0.39, 0.29) is 12.5 Å². The first-order valence-electron chi connectivity index (χ1n) is 12.8. The van der Waals surface area contributed by atoms with Gasteiger partial charge in [0, 0.05) is 22.7 Å². The van der Waals surface area contributed by atoms with Crippen LogP contribution in [0.1, 0.15) is 60.0 Å². The molecule has 40 heavy (non-hydrogen) atoms. The highest BCUT2D eigenvalue weighted by Crippen LogP contribution is 2.53. The summed E-state index contributed by atoms with van der Waals surface area (Å²) in [6.45, 7) is 0.192. The molecule has 0 spiro atoms. The van der Waals surface area contributed by atoms with Crippen molar-refractivity contribution in [3.05, 3.63) is 98.2 Å². The lowest BCUT2D eigenvalue weighted by Gasteiger charge is -2.45. The monoisotopic (exact) mass is 618 g/mol. The number of aliphatic hydroxyl groups is 1. The number of hydrogen-bond donors (Lipinski definition) is 3. The summed E-state index contributed by atoms with van der Waals surface area (Å²) >= 11 is 17.4. The van der Waals surface area contributed by atoms with E-state index < -0.39 is 16.9 Å². The molecule has 7 nitrogen and oxygen atoms in total. The first-order valence-corrected chi connectivity index (χ1v) is 15.0. The van der Waals surface area contributed by atoms with Crippen molar-refractivity contribution < 1.29 is 23.1 Å². The maximum absolute atomic E-state index is 11.3. The molecule has 4 aromatic rings. The third-order valence-corrected chi connectivity index (χ3v) is 8.88. The lowest BCUT2D eigenvalue weighted by molar-refractivity contribution is -0.0549. The van der Waals surface area contributed by atoms with Gasteiger partial charge in [0.2, 0.25) is 0 Å². The molecule has 1 atom stereocenters. The SMILES string of the molecule is O=S(O)Nc1cccc(C2CC(O)(c3ccc(OCc4c(-c5c(Cl)cccc5Cl)noc4C4CC4)cc3Cl)C2)c1. The average molecular weight is 620 g/mol. The summed E-state index contributed by atoms with van der Waals surface area (Å²) in [6, 6.07) is 17.9. The molecule has 2 aliphatic carbocycles. The topological polar surface area (TPSA) is 105 Å². The summed E-state index contributed by atoms with van der Waals surface area (Å²) in [6.07, 6.45) is 3.01. The summed E-state index contributed by atoms with van der Waals surface area (Å²) in [5.41, 5.74) is 3.07. The number of ether oxygens (including phenoxy) is 1. The maximum atomic E-state index is 11.3. The minimum atomic E-state index is -2.15. The normalized spacial score (nSPS) is 21.1. The van der Waals surface area contributed by atoms with Gasteiger partial charge in [-0.15, -0.1) is 0 Å². The van der Waals surface area contributed by atoms with Crippen LogP contribution in [0.5, 0.6) is 5.75 Å². The molecule has 2 saturated carbocycles. The van der Waals surface area contributed by atoms with Gasteiger partial charge in [0.05, 0.1) is 26.2 Å². The molecule has 3 aromatic carbocycles. The number of nitrogens with zero attached hydrogens (tertiary/aromatic N) is 1. The van der Waals surface area contributed by atoms with Crippen LogP contribution in [0, 0.1) is 0 Å². The Balaban J connectivity index is 1.17. The van der Waals surface area contributed by atoms with Crippen LogP contribution in [-0.2, 0) is 23.5 Å². The van der Waals surface area contributed by atoms with Gasteiger partial charge in [0.1, 0.15) is 23.8 Å². The van der Waals surface area contributed by atoms with Crippen molar-refractivity contribution in [3.8, 4) is 17.0 Å². The molecule has 3 N–H and O–H groups in total. The van der Waals surface area contributed by atoms with Crippen LogP contribution in [0.3, 0.4) is 0 Å².